The molecule has 1 heterocycles. The van der Waals surface area contributed by atoms with E-state index >= 15 is 0 Å². The molecule has 1 fully saturated rings. The van der Waals surface area contributed by atoms with E-state index in [1.54, 1.807) is 7.11 Å². The van der Waals surface area contributed by atoms with E-state index in [1.165, 1.54) is 31.4 Å². The summed E-state index contributed by atoms with van der Waals surface area (Å²) in [4.78, 5) is 2.60. The van der Waals surface area contributed by atoms with Crippen LogP contribution in [0.4, 0.5) is 0 Å². The molecule has 2 rings (SSSR count). The molecule has 1 aliphatic rings. The van der Waals surface area contributed by atoms with Crippen molar-refractivity contribution in [2.24, 2.45) is 11.7 Å². The van der Waals surface area contributed by atoms with Gasteiger partial charge in [0.05, 0.1) is 7.11 Å². The maximum absolute atomic E-state index is 5.99. The summed E-state index contributed by atoms with van der Waals surface area (Å²) in [7, 11) is 1.71. The van der Waals surface area contributed by atoms with Crippen molar-refractivity contribution in [3.8, 4) is 5.75 Å². The van der Waals surface area contributed by atoms with Gasteiger partial charge in [0.1, 0.15) is 5.75 Å². The molecular formula is C16H26N2O. The second-order valence-corrected chi connectivity index (χ2v) is 5.39. The zero-order valence-electron chi connectivity index (χ0n) is 12.1. The van der Waals surface area contributed by atoms with Crippen LogP contribution in [0.15, 0.2) is 24.3 Å². The number of hydrogen-bond acceptors (Lipinski definition) is 3. The van der Waals surface area contributed by atoms with Gasteiger partial charge < -0.3 is 10.5 Å². The van der Waals surface area contributed by atoms with Crippen LogP contribution in [0.2, 0.25) is 0 Å². The summed E-state index contributed by atoms with van der Waals surface area (Å²) in [6.07, 6.45) is 3.71. The maximum Gasteiger partial charge on any atom is 0.118 e. The van der Waals surface area contributed by atoms with Gasteiger partial charge in [-0.25, -0.2) is 0 Å². The lowest BCUT2D eigenvalue weighted by Crippen LogP contribution is -2.41. The molecule has 0 amide bonds. The van der Waals surface area contributed by atoms with Crippen LogP contribution in [0.5, 0.6) is 5.75 Å². The van der Waals surface area contributed by atoms with E-state index in [9.17, 15) is 0 Å². The number of rotatable bonds is 5. The molecule has 2 N–H and O–H groups in total. The molecule has 2 atom stereocenters. The highest BCUT2D eigenvalue weighted by molar-refractivity contribution is 5.30. The minimum Gasteiger partial charge on any atom is -0.497 e. The molecule has 0 radical (unpaired) electrons. The Hall–Kier alpha value is -1.06. The van der Waals surface area contributed by atoms with Gasteiger partial charge in [-0.05, 0) is 62.5 Å². The number of likely N-dealkylation sites (tertiary alicyclic amines) is 1. The van der Waals surface area contributed by atoms with Gasteiger partial charge in [-0.1, -0.05) is 19.1 Å². The Bertz CT molecular complexity index is 375. The summed E-state index contributed by atoms with van der Waals surface area (Å²) < 4.78 is 5.25. The lowest BCUT2D eigenvalue weighted by Gasteiger charge is -2.41. The largest absolute Gasteiger partial charge is 0.497 e. The van der Waals surface area contributed by atoms with Crippen molar-refractivity contribution >= 4 is 0 Å². The second-order valence-electron chi connectivity index (χ2n) is 5.39. The zero-order valence-corrected chi connectivity index (χ0v) is 12.1. The van der Waals surface area contributed by atoms with Crippen molar-refractivity contribution in [2.45, 2.75) is 32.2 Å². The predicted molar refractivity (Wildman–Crippen MR) is 79.4 cm³/mol. The van der Waals surface area contributed by atoms with Crippen LogP contribution in [0.3, 0.4) is 0 Å². The van der Waals surface area contributed by atoms with Gasteiger partial charge in [0.2, 0.25) is 0 Å². The summed E-state index contributed by atoms with van der Waals surface area (Å²) >= 11 is 0. The van der Waals surface area contributed by atoms with E-state index in [4.69, 9.17) is 10.5 Å². The summed E-state index contributed by atoms with van der Waals surface area (Å²) in [5.74, 6) is 1.50. The summed E-state index contributed by atoms with van der Waals surface area (Å²) in [6.45, 7) is 5.38. The molecule has 0 aromatic heterocycles. The third-order valence-corrected chi connectivity index (χ3v) is 4.13. The minimum atomic E-state index is 0.476. The van der Waals surface area contributed by atoms with E-state index in [2.05, 4.69) is 36.1 Å². The summed E-state index contributed by atoms with van der Waals surface area (Å²) in [5, 5.41) is 0. The minimum absolute atomic E-state index is 0.476. The topological polar surface area (TPSA) is 38.5 Å². The Kier molecular flexibility index (Phi) is 5.23. The average molecular weight is 262 g/mol. The molecule has 0 bridgehead atoms. The number of benzene rings is 1. The molecule has 0 spiro atoms. The second kappa shape index (κ2) is 6.92. The van der Waals surface area contributed by atoms with Crippen molar-refractivity contribution in [1.29, 1.82) is 0 Å². The Balaban J connectivity index is 2.22. The molecule has 1 aliphatic heterocycles. The normalized spacial score (nSPS) is 24.4. The third kappa shape index (κ3) is 3.28. The van der Waals surface area contributed by atoms with Gasteiger partial charge >= 0.3 is 0 Å². The van der Waals surface area contributed by atoms with Crippen LogP contribution in [-0.2, 0) is 0 Å². The number of nitrogens with zero attached hydrogens (tertiary/aromatic N) is 1. The number of hydrogen-bond donors (Lipinski definition) is 1. The average Bonchev–Trinajstić information content (AvgIpc) is 2.47. The number of piperidine rings is 1. The third-order valence-electron chi connectivity index (χ3n) is 4.13. The lowest BCUT2D eigenvalue weighted by atomic mass is 9.84. The van der Waals surface area contributed by atoms with Crippen molar-refractivity contribution in [3.63, 3.8) is 0 Å². The standard InChI is InChI=1S/C16H26N2O/c1-3-10-18-11-4-5-14(12-17)16(18)13-6-8-15(19-2)9-7-13/h6-9,14,16H,3-5,10-12,17H2,1-2H3. The molecular weight excluding hydrogens is 236 g/mol. The fourth-order valence-corrected chi connectivity index (χ4v) is 3.22. The van der Waals surface area contributed by atoms with E-state index in [0.717, 1.165) is 18.8 Å². The Morgan fingerprint density at radius 1 is 1.32 bits per heavy atom. The van der Waals surface area contributed by atoms with Crippen molar-refractivity contribution in [1.82, 2.24) is 4.90 Å². The number of ether oxygens (including phenoxy) is 1. The molecule has 1 aromatic carbocycles. The Morgan fingerprint density at radius 3 is 2.63 bits per heavy atom. The van der Waals surface area contributed by atoms with Crippen molar-refractivity contribution in [3.05, 3.63) is 29.8 Å². The number of methoxy groups -OCH3 is 1. The Morgan fingerprint density at radius 2 is 2.05 bits per heavy atom. The summed E-state index contributed by atoms with van der Waals surface area (Å²) in [6, 6.07) is 8.98. The van der Waals surface area contributed by atoms with Crippen LogP contribution in [0.25, 0.3) is 0 Å². The van der Waals surface area contributed by atoms with Crippen molar-refractivity contribution in [2.75, 3.05) is 26.7 Å². The highest BCUT2D eigenvalue weighted by atomic mass is 16.5. The molecule has 3 heteroatoms. The first-order chi connectivity index (χ1) is 9.30. The quantitative estimate of drug-likeness (QED) is 0.887. The van der Waals surface area contributed by atoms with E-state index in [-0.39, 0.29) is 0 Å². The van der Waals surface area contributed by atoms with Gasteiger partial charge in [0.15, 0.2) is 0 Å². The molecule has 3 nitrogen and oxygen atoms in total. The fraction of sp³-hybridized carbons (Fsp3) is 0.625. The van der Waals surface area contributed by atoms with Gasteiger partial charge in [-0.2, -0.15) is 0 Å². The fourth-order valence-electron chi connectivity index (χ4n) is 3.22. The first-order valence-corrected chi connectivity index (χ1v) is 7.38. The van der Waals surface area contributed by atoms with E-state index in [1.807, 2.05) is 0 Å². The first-order valence-electron chi connectivity index (χ1n) is 7.38. The van der Waals surface area contributed by atoms with E-state index in [0.29, 0.717) is 12.0 Å². The molecule has 19 heavy (non-hydrogen) atoms. The maximum atomic E-state index is 5.99. The molecule has 1 aromatic rings. The van der Waals surface area contributed by atoms with Crippen LogP contribution in [-0.4, -0.2) is 31.6 Å². The highest BCUT2D eigenvalue weighted by Gasteiger charge is 2.31. The Labute approximate surface area is 116 Å². The monoisotopic (exact) mass is 262 g/mol. The van der Waals surface area contributed by atoms with Gasteiger partial charge in [-0.3, -0.25) is 4.90 Å². The van der Waals surface area contributed by atoms with Crippen LogP contribution < -0.4 is 10.5 Å². The van der Waals surface area contributed by atoms with Gasteiger partial charge in [-0.15, -0.1) is 0 Å². The van der Waals surface area contributed by atoms with Crippen LogP contribution in [0, 0.1) is 5.92 Å². The predicted octanol–water partition coefficient (Wildman–Crippen LogP) is 2.82. The first kappa shape index (κ1) is 14.4. The number of nitrogens with two attached hydrogens (primary N) is 1. The smallest absolute Gasteiger partial charge is 0.118 e. The van der Waals surface area contributed by atoms with E-state index < -0.39 is 0 Å². The molecule has 0 saturated carbocycles. The van der Waals surface area contributed by atoms with Gasteiger partial charge in [0.25, 0.3) is 0 Å². The highest BCUT2D eigenvalue weighted by Crippen LogP contribution is 2.36. The lowest BCUT2D eigenvalue weighted by molar-refractivity contribution is 0.0960. The molecule has 2 unspecified atom stereocenters. The molecule has 0 aliphatic carbocycles. The van der Waals surface area contributed by atoms with Crippen LogP contribution >= 0.6 is 0 Å². The SMILES string of the molecule is CCCN1CCCC(CN)C1c1ccc(OC)cc1. The molecule has 1 saturated heterocycles. The van der Waals surface area contributed by atoms with Crippen LogP contribution in [0.1, 0.15) is 37.8 Å². The zero-order chi connectivity index (χ0) is 13.7. The molecule has 106 valence electrons. The van der Waals surface area contributed by atoms with Gasteiger partial charge in [0, 0.05) is 6.04 Å². The van der Waals surface area contributed by atoms with Crippen molar-refractivity contribution < 1.29 is 4.74 Å². The summed E-state index contributed by atoms with van der Waals surface area (Å²) in [5.41, 5.74) is 7.37.